The van der Waals surface area contributed by atoms with Gasteiger partial charge in [0.15, 0.2) is 11.5 Å². The van der Waals surface area contributed by atoms with Crippen LogP contribution >= 0.6 is 0 Å². The highest BCUT2D eigenvalue weighted by atomic mass is 32.2. The molecule has 2 aromatic carbocycles. The predicted octanol–water partition coefficient (Wildman–Crippen LogP) is 2.03. The van der Waals surface area contributed by atoms with Crippen molar-refractivity contribution in [3.05, 3.63) is 54.1 Å². The molecule has 0 radical (unpaired) electrons. The van der Waals surface area contributed by atoms with E-state index in [-0.39, 0.29) is 30.1 Å². The van der Waals surface area contributed by atoms with Crippen LogP contribution in [-0.4, -0.2) is 27.2 Å². The van der Waals surface area contributed by atoms with Gasteiger partial charge in [-0.2, -0.15) is 4.72 Å². The third-order valence-electron chi connectivity index (χ3n) is 4.19. The standard InChI is InChI=1S/C19H22N2O5S/c1-13(2)18(21-27(23,24)15-6-4-3-5-7-15)19(22)20-11-14-8-9-16-17(10-14)26-12-25-16/h3-10,13,18,21H,11-12H2,1-2H3,(H,20,22)/t18-/m1/s1. The van der Waals surface area contributed by atoms with Gasteiger partial charge in [-0.3, -0.25) is 4.79 Å². The highest BCUT2D eigenvalue weighted by Crippen LogP contribution is 2.32. The fourth-order valence-electron chi connectivity index (χ4n) is 2.68. The van der Waals surface area contributed by atoms with Crippen molar-refractivity contribution in [3.63, 3.8) is 0 Å². The van der Waals surface area contributed by atoms with Crippen LogP contribution in [0.15, 0.2) is 53.4 Å². The quantitative estimate of drug-likeness (QED) is 0.755. The highest BCUT2D eigenvalue weighted by molar-refractivity contribution is 7.89. The molecular formula is C19H22N2O5S. The lowest BCUT2D eigenvalue weighted by Crippen LogP contribution is -2.49. The molecule has 0 aromatic heterocycles. The molecule has 144 valence electrons. The molecule has 1 atom stereocenters. The van der Waals surface area contributed by atoms with E-state index in [4.69, 9.17) is 9.47 Å². The Morgan fingerprint density at radius 3 is 2.48 bits per heavy atom. The zero-order chi connectivity index (χ0) is 19.4. The van der Waals surface area contributed by atoms with Crippen LogP contribution < -0.4 is 19.5 Å². The van der Waals surface area contributed by atoms with E-state index < -0.39 is 16.1 Å². The van der Waals surface area contributed by atoms with Gasteiger partial charge in [0.25, 0.3) is 0 Å². The molecule has 27 heavy (non-hydrogen) atoms. The van der Waals surface area contributed by atoms with Crippen LogP contribution in [0.4, 0.5) is 0 Å². The van der Waals surface area contributed by atoms with Crippen LogP contribution in [-0.2, 0) is 21.4 Å². The highest BCUT2D eigenvalue weighted by Gasteiger charge is 2.28. The number of hydrogen-bond acceptors (Lipinski definition) is 5. The molecule has 8 heteroatoms. The summed E-state index contributed by atoms with van der Waals surface area (Å²) in [6.45, 7) is 4.02. The summed E-state index contributed by atoms with van der Waals surface area (Å²) in [5.74, 6) is 0.690. The lowest BCUT2D eigenvalue weighted by atomic mass is 10.0. The SMILES string of the molecule is CC(C)[C@@H](NS(=O)(=O)c1ccccc1)C(=O)NCc1ccc2c(c1)OCO2. The van der Waals surface area contributed by atoms with E-state index in [1.54, 1.807) is 44.2 Å². The monoisotopic (exact) mass is 390 g/mol. The number of carbonyl (C=O) groups is 1. The van der Waals surface area contributed by atoms with Gasteiger partial charge in [-0.05, 0) is 35.7 Å². The molecule has 0 saturated heterocycles. The van der Waals surface area contributed by atoms with Crippen molar-refractivity contribution < 1.29 is 22.7 Å². The summed E-state index contributed by atoms with van der Waals surface area (Å²) in [5, 5.41) is 2.78. The molecule has 1 aliphatic heterocycles. The van der Waals surface area contributed by atoms with Crippen molar-refractivity contribution in [2.45, 2.75) is 31.3 Å². The molecule has 2 aromatic rings. The largest absolute Gasteiger partial charge is 0.454 e. The fraction of sp³-hybridized carbons (Fsp3) is 0.316. The molecule has 0 fully saturated rings. The smallest absolute Gasteiger partial charge is 0.241 e. The topological polar surface area (TPSA) is 93.7 Å². The van der Waals surface area contributed by atoms with Gasteiger partial charge in [-0.1, -0.05) is 38.1 Å². The fourth-order valence-corrected chi connectivity index (χ4v) is 4.04. The maximum absolute atomic E-state index is 12.6. The van der Waals surface area contributed by atoms with Crippen molar-refractivity contribution in [2.75, 3.05) is 6.79 Å². The molecule has 2 N–H and O–H groups in total. The lowest BCUT2D eigenvalue weighted by Gasteiger charge is -2.21. The van der Waals surface area contributed by atoms with E-state index in [0.29, 0.717) is 11.5 Å². The van der Waals surface area contributed by atoms with Gasteiger partial charge < -0.3 is 14.8 Å². The second-order valence-corrected chi connectivity index (χ2v) is 8.28. The summed E-state index contributed by atoms with van der Waals surface area (Å²) in [7, 11) is -3.79. The molecule has 7 nitrogen and oxygen atoms in total. The maximum Gasteiger partial charge on any atom is 0.241 e. The minimum Gasteiger partial charge on any atom is -0.454 e. The first-order valence-corrected chi connectivity index (χ1v) is 10.1. The number of carbonyl (C=O) groups excluding carboxylic acids is 1. The van der Waals surface area contributed by atoms with Crippen molar-refractivity contribution in [1.29, 1.82) is 0 Å². The Bertz CT molecular complexity index is 913. The molecule has 0 aliphatic carbocycles. The molecule has 0 unspecified atom stereocenters. The molecule has 0 bridgehead atoms. The first-order chi connectivity index (χ1) is 12.9. The lowest BCUT2D eigenvalue weighted by molar-refractivity contribution is -0.123. The molecule has 1 aliphatic rings. The van der Waals surface area contributed by atoms with Gasteiger partial charge in [0.1, 0.15) is 6.04 Å². The Morgan fingerprint density at radius 1 is 1.07 bits per heavy atom. The molecule has 3 rings (SSSR count). The predicted molar refractivity (Wildman–Crippen MR) is 99.8 cm³/mol. The Kier molecular flexibility index (Phi) is 5.67. The Morgan fingerprint density at radius 2 is 1.78 bits per heavy atom. The number of amides is 1. The minimum atomic E-state index is -3.79. The van der Waals surface area contributed by atoms with Crippen LogP contribution in [0, 0.1) is 5.92 Å². The van der Waals surface area contributed by atoms with Crippen molar-refractivity contribution in [1.82, 2.24) is 10.0 Å². The van der Waals surface area contributed by atoms with Crippen LogP contribution in [0.25, 0.3) is 0 Å². The van der Waals surface area contributed by atoms with Gasteiger partial charge in [0, 0.05) is 6.54 Å². The summed E-state index contributed by atoms with van der Waals surface area (Å²) in [6.07, 6.45) is 0. The van der Waals surface area contributed by atoms with Crippen LogP contribution in [0.3, 0.4) is 0 Å². The Labute approximate surface area is 158 Å². The molecule has 0 spiro atoms. The maximum atomic E-state index is 12.6. The van der Waals surface area contributed by atoms with Gasteiger partial charge in [0.2, 0.25) is 22.7 Å². The number of ether oxygens (including phenoxy) is 2. The summed E-state index contributed by atoms with van der Waals surface area (Å²) in [6, 6.07) is 12.5. The van der Waals surface area contributed by atoms with E-state index in [0.717, 1.165) is 5.56 Å². The Hall–Kier alpha value is -2.58. The molecule has 1 amide bonds. The number of hydrogen-bond donors (Lipinski definition) is 2. The van der Waals surface area contributed by atoms with E-state index in [1.807, 2.05) is 6.07 Å². The number of nitrogens with one attached hydrogen (secondary N) is 2. The average molecular weight is 390 g/mol. The molecule has 0 saturated carbocycles. The third kappa shape index (κ3) is 4.58. The van der Waals surface area contributed by atoms with Gasteiger partial charge in [0.05, 0.1) is 4.90 Å². The minimum absolute atomic E-state index is 0.124. The average Bonchev–Trinajstić information content (AvgIpc) is 3.12. The molecular weight excluding hydrogens is 368 g/mol. The van der Waals surface area contributed by atoms with Gasteiger partial charge in [-0.15, -0.1) is 0 Å². The second kappa shape index (κ2) is 7.98. The Balaban J connectivity index is 1.67. The van der Waals surface area contributed by atoms with E-state index in [9.17, 15) is 13.2 Å². The zero-order valence-corrected chi connectivity index (χ0v) is 16.0. The normalized spacial score (nSPS) is 14.2. The summed E-state index contributed by atoms with van der Waals surface area (Å²) in [4.78, 5) is 12.7. The van der Waals surface area contributed by atoms with Crippen molar-refractivity contribution in [2.24, 2.45) is 5.92 Å². The van der Waals surface area contributed by atoms with Crippen LogP contribution in [0.2, 0.25) is 0 Å². The number of sulfonamides is 1. The van der Waals surface area contributed by atoms with Crippen LogP contribution in [0.5, 0.6) is 11.5 Å². The van der Waals surface area contributed by atoms with Gasteiger partial charge in [-0.25, -0.2) is 8.42 Å². The second-order valence-electron chi connectivity index (χ2n) is 6.56. The van der Waals surface area contributed by atoms with E-state index in [1.165, 1.54) is 12.1 Å². The summed E-state index contributed by atoms with van der Waals surface area (Å²) < 4.78 is 38.1. The molecule has 1 heterocycles. The van der Waals surface area contributed by atoms with E-state index >= 15 is 0 Å². The van der Waals surface area contributed by atoms with Gasteiger partial charge >= 0.3 is 0 Å². The number of benzene rings is 2. The summed E-state index contributed by atoms with van der Waals surface area (Å²) in [5.41, 5.74) is 0.834. The first kappa shape index (κ1) is 19.2. The van der Waals surface area contributed by atoms with Crippen molar-refractivity contribution >= 4 is 15.9 Å². The summed E-state index contributed by atoms with van der Waals surface area (Å²) >= 11 is 0. The van der Waals surface area contributed by atoms with Crippen LogP contribution in [0.1, 0.15) is 19.4 Å². The number of rotatable bonds is 7. The third-order valence-corrected chi connectivity index (χ3v) is 5.65. The first-order valence-electron chi connectivity index (χ1n) is 8.60. The zero-order valence-electron chi connectivity index (χ0n) is 15.1. The van der Waals surface area contributed by atoms with Crippen molar-refractivity contribution in [3.8, 4) is 11.5 Å². The van der Waals surface area contributed by atoms with E-state index in [2.05, 4.69) is 10.0 Å². The number of fused-ring (bicyclic) bond motifs is 1.